The molecule has 0 aromatic carbocycles. The first-order valence-corrected chi connectivity index (χ1v) is 8.51. The molecule has 0 N–H and O–H groups in total. The summed E-state index contributed by atoms with van der Waals surface area (Å²) < 4.78 is 8.01. The molecule has 3 heterocycles. The Kier molecular flexibility index (Phi) is 4.81. The number of rotatable bonds is 5. The van der Waals surface area contributed by atoms with E-state index in [2.05, 4.69) is 16.5 Å². The quantitative estimate of drug-likeness (QED) is 0.838. The van der Waals surface area contributed by atoms with Gasteiger partial charge in [-0.25, -0.2) is 4.98 Å². The van der Waals surface area contributed by atoms with E-state index >= 15 is 0 Å². The zero-order valence-electron chi connectivity index (χ0n) is 13.7. The average Bonchev–Trinajstić information content (AvgIpc) is 3.12. The van der Waals surface area contributed by atoms with E-state index in [9.17, 15) is 4.79 Å². The summed E-state index contributed by atoms with van der Waals surface area (Å²) in [6, 6.07) is 0. The number of imidazole rings is 1. The predicted octanol–water partition coefficient (Wildman–Crippen LogP) is 2.25. The number of hydrogen-bond acceptors (Lipinski definition) is 3. The largest absolute Gasteiger partial charge is 0.375 e. The topological polar surface area (TPSA) is 47.4 Å². The van der Waals surface area contributed by atoms with Crippen LogP contribution in [0.1, 0.15) is 44.9 Å². The Morgan fingerprint density at radius 2 is 2.32 bits per heavy atom. The maximum atomic E-state index is 12.3. The number of hydrogen-bond donors (Lipinski definition) is 0. The van der Waals surface area contributed by atoms with Gasteiger partial charge in [-0.3, -0.25) is 4.79 Å². The van der Waals surface area contributed by atoms with Gasteiger partial charge in [-0.15, -0.1) is 0 Å². The van der Waals surface area contributed by atoms with Crippen molar-refractivity contribution in [1.82, 2.24) is 14.5 Å². The highest BCUT2D eigenvalue weighted by Gasteiger charge is 2.24. The van der Waals surface area contributed by atoms with Gasteiger partial charge in [0.15, 0.2) is 0 Å². The predicted molar refractivity (Wildman–Crippen MR) is 84.5 cm³/mol. The first-order valence-electron chi connectivity index (χ1n) is 8.51. The molecular formula is C17H27N3O2. The lowest BCUT2D eigenvalue weighted by molar-refractivity contribution is -0.131. The molecule has 1 saturated heterocycles. The van der Waals surface area contributed by atoms with Crippen molar-refractivity contribution in [3.8, 4) is 0 Å². The Morgan fingerprint density at radius 1 is 1.45 bits per heavy atom. The molecule has 122 valence electrons. The molecule has 0 spiro atoms. The van der Waals surface area contributed by atoms with E-state index < -0.39 is 0 Å². The maximum absolute atomic E-state index is 12.3. The van der Waals surface area contributed by atoms with Crippen LogP contribution in [0, 0.1) is 5.92 Å². The van der Waals surface area contributed by atoms with Crippen LogP contribution in [0.5, 0.6) is 0 Å². The molecule has 3 rings (SSSR count). The number of carbonyl (C=O) groups excluding carboxylic acids is 1. The standard InChI is InChI=1S/C17H27N3O2/c1-13-3-5-15(22-13)6-8-17(21)19(2)11-14-4-7-16-18-9-10-20(16)12-14/h9-10,13-15H,3-8,11-12H2,1-2H3. The number of carbonyl (C=O) groups is 1. The van der Waals surface area contributed by atoms with Crippen LogP contribution in [0.2, 0.25) is 0 Å². The Balaban J connectivity index is 1.42. The van der Waals surface area contributed by atoms with Crippen LogP contribution in [0.3, 0.4) is 0 Å². The van der Waals surface area contributed by atoms with Crippen LogP contribution in [0.4, 0.5) is 0 Å². The zero-order chi connectivity index (χ0) is 15.5. The summed E-state index contributed by atoms with van der Waals surface area (Å²) in [5.74, 6) is 1.97. The summed E-state index contributed by atoms with van der Waals surface area (Å²) in [7, 11) is 1.93. The molecule has 0 saturated carbocycles. The summed E-state index contributed by atoms with van der Waals surface area (Å²) in [5, 5.41) is 0. The Morgan fingerprint density at radius 3 is 3.09 bits per heavy atom. The third kappa shape index (κ3) is 3.69. The first kappa shape index (κ1) is 15.5. The normalized spacial score (nSPS) is 27.6. The fourth-order valence-corrected chi connectivity index (χ4v) is 3.65. The molecule has 5 nitrogen and oxygen atoms in total. The minimum Gasteiger partial charge on any atom is -0.375 e. The first-order chi connectivity index (χ1) is 10.6. The fourth-order valence-electron chi connectivity index (χ4n) is 3.65. The second kappa shape index (κ2) is 6.82. The summed E-state index contributed by atoms with van der Waals surface area (Å²) in [5.41, 5.74) is 0. The highest BCUT2D eigenvalue weighted by Crippen LogP contribution is 2.23. The van der Waals surface area contributed by atoms with E-state index in [0.717, 1.165) is 45.2 Å². The van der Waals surface area contributed by atoms with Crippen molar-refractivity contribution in [3.05, 3.63) is 18.2 Å². The van der Waals surface area contributed by atoms with Crippen molar-refractivity contribution < 1.29 is 9.53 Å². The molecule has 1 fully saturated rings. The van der Waals surface area contributed by atoms with Gasteiger partial charge in [0.2, 0.25) is 5.91 Å². The second-order valence-electron chi connectivity index (χ2n) is 6.86. The van der Waals surface area contributed by atoms with Gasteiger partial charge < -0.3 is 14.2 Å². The average molecular weight is 305 g/mol. The van der Waals surface area contributed by atoms with Gasteiger partial charge in [0.1, 0.15) is 5.82 Å². The maximum Gasteiger partial charge on any atom is 0.222 e. The zero-order valence-corrected chi connectivity index (χ0v) is 13.7. The van der Waals surface area contributed by atoms with Gasteiger partial charge in [-0.1, -0.05) is 0 Å². The molecule has 2 aliphatic heterocycles. The van der Waals surface area contributed by atoms with E-state index in [4.69, 9.17) is 4.74 Å². The number of ether oxygens (including phenoxy) is 1. The van der Waals surface area contributed by atoms with E-state index in [0.29, 0.717) is 18.4 Å². The summed E-state index contributed by atoms with van der Waals surface area (Å²) >= 11 is 0. The lowest BCUT2D eigenvalue weighted by Crippen LogP contribution is -2.35. The Hall–Kier alpha value is -1.36. The smallest absolute Gasteiger partial charge is 0.222 e. The van der Waals surface area contributed by atoms with Crippen molar-refractivity contribution in [3.63, 3.8) is 0 Å². The molecular weight excluding hydrogens is 278 g/mol. The van der Waals surface area contributed by atoms with Gasteiger partial charge in [0.05, 0.1) is 12.2 Å². The van der Waals surface area contributed by atoms with Crippen LogP contribution in [0.25, 0.3) is 0 Å². The van der Waals surface area contributed by atoms with Gasteiger partial charge in [-0.05, 0) is 38.5 Å². The molecule has 1 aromatic rings. The highest BCUT2D eigenvalue weighted by molar-refractivity contribution is 5.75. The van der Waals surface area contributed by atoms with Crippen LogP contribution in [-0.4, -0.2) is 46.2 Å². The number of aryl methyl sites for hydroxylation is 1. The summed E-state index contributed by atoms with van der Waals surface area (Å²) in [6.45, 7) is 3.94. The molecule has 3 atom stereocenters. The third-order valence-electron chi connectivity index (χ3n) is 4.99. The molecule has 3 unspecified atom stereocenters. The fraction of sp³-hybridized carbons (Fsp3) is 0.765. The number of nitrogens with zero attached hydrogens (tertiary/aromatic N) is 3. The van der Waals surface area contributed by atoms with E-state index in [1.165, 1.54) is 5.82 Å². The minimum atomic E-state index is 0.250. The molecule has 1 amide bonds. The van der Waals surface area contributed by atoms with Gasteiger partial charge in [0.25, 0.3) is 0 Å². The van der Waals surface area contributed by atoms with E-state index in [1.54, 1.807) is 0 Å². The van der Waals surface area contributed by atoms with Crippen molar-refractivity contribution in [2.45, 2.75) is 64.2 Å². The van der Waals surface area contributed by atoms with Crippen LogP contribution >= 0.6 is 0 Å². The molecule has 1 aromatic heterocycles. The van der Waals surface area contributed by atoms with Crippen LogP contribution in [0.15, 0.2) is 12.4 Å². The minimum absolute atomic E-state index is 0.250. The Labute approximate surface area is 132 Å². The molecule has 5 heteroatoms. The van der Waals surface area contributed by atoms with E-state index in [-0.39, 0.29) is 12.0 Å². The lowest BCUT2D eigenvalue weighted by Gasteiger charge is -2.28. The summed E-state index contributed by atoms with van der Waals surface area (Å²) in [6.07, 6.45) is 10.4. The molecule has 2 aliphatic rings. The monoisotopic (exact) mass is 305 g/mol. The number of amides is 1. The highest BCUT2D eigenvalue weighted by atomic mass is 16.5. The third-order valence-corrected chi connectivity index (χ3v) is 4.99. The van der Waals surface area contributed by atoms with Crippen LogP contribution in [-0.2, 0) is 22.5 Å². The number of fused-ring (bicyclic) bond motifs is 1. The molecule has 22 heavy (non-hydrogen) atoms. The SMILES string of the molecule is CC1CCC(CCC(=O)N(C)CC2CCc3nccn3C2)O1. The Bertz CT molecular complexity index is 514. The molecule has 0 aliphatic carbocycles. The molecule has 0 bridgehead atoms. The summed E-state index contributed by atoms with van der Waals surface area (Å²) in [4.78, 5) is 18.6. The van der Waals surface area contributed by atoms with Crippen LogP contribution < -0.4 is 0 Å². The van der Waals surface area contributed by atoms with Crippen molar-refractivity contribution in [2.75, 3.05) is 13.6 Å². The van der Waals surface area contributed by atoms with E-state index in [1.807, 2.05) is 24.3 Å². The van der Waals surface area contributed by atoms with Gasteiger partial charge in [0, 0.05) is 45.4 Å². The number of aromatic nitrogens is 2. The van der Waals surface area contributed by atoms with Crippen molar-refractivity contribution in [2.24, 2.45) is 5.92 Å². The van der Waals surface area contributed by atoms with Crippen molar-refractivity contribution in [1.29, 1.82) is 0 Å². The van der Waals surface area contributed by atoms with Crippen molar-refractivity contribution >= 4 is 5.91 Å². The van der Waals surface area contributed by atoms with Gasteiger partial charge >= 0.3 is 0 Å². The van der Waals surface area contributed by atoms with Gasteiger partial charge in [-0.2, -0.15) is 0 Å². The molecule has 0 radical (unpaired) electrons. The second-order valence-corrected chi connectivity index (χ2v) is 6.86. The lowest BCUT2D eigenvalue weighted by atomic mass is 9.98.